The Kier molecular flexibility index (Phi) is 10.9. The predicted octanol–water partition coefficient (Wildman–Crippen LogP) is 2.45. The number of fused-ring (bicyclic) bond motifs is 3. The van der Waals surface area contributed by atoms with Crippen LogP contribution in [0.5, 0.6) is 5.75 Å². The molecule has 17 nitrogen and oxygen atoms in total. The Morgan fingerprint density at radius 1 is 0.727 bits per heavy atom. The number of ether oxygens (including phenoxy) is 1. The summed E-state index contributed by atoms with van der Waals surface area (Å²) in [5.41, 5.74) is 2.75. The highest BCUT2D eigenvalue weighted by Gasteiger charge is 2.20. The first-order valence-corrected chi connectivity index (χ1v) is 16.4. The Morgan fingerprint density at radius 3 is 1.91 bits per heavy atom. The van der Waals surface area contributed by atoms with Crippen LogP contribution in [0.3, 0.4) is 0 Å². The lowest BCUT2D eigenvalue weighted by atomic mass is 10.1. The van der Waals surface area contributed by atoms with Crippen LogP contribution in [0.4, 0.5) is 14.5 Å². The first kappa shape index (κ1) is 37.3. The van der Waals surface area contributed by atoms with Gasteiger partial charge in [-0.1, -0.05) is 12.1 Å². The van der Waals surface area contributed by atoms with Crippen LogP contribution in [0.15, 0.2) is 73.1 Å². The van der Waals surface area contributed by atoms with Gasteiger partial charge in [-0.05, 0) is 48.4 Å². The topological polar surface area (TPSA) is 220 Å². The molecular formula is C36H30F2N10O7. The number of carbonyl (C=O) groups excluding carboxylic acids is 6. The molecule has 4 N–H and O–H groups in total. The van der Waals surface area contributed by atoms with Gasteiger partial charge in [0.1, 0.15) is 34.3 Å². The lowest BCUT2D eigenvalue weighted by molar-refractivity contribution is -0.118. The van der Waals surface area contributed by atoms with Gasteiger partial charge in [0, 0.05) is 38.2 Å². The monoisotopic (exact) mass is 752 g/mol. The number of hydrogen-bond acceptors (Lipinski definition) is 11. The van der Waals surface area contributed by atoms with Crippen molar-refractivity contribution in [3.63, 3.8) is 0 Å². The van der Waals surface area contributed by atoms with Gasteiger partial charge in [-0.15, -0.1) is 0 Å². The van der Waals surface area contributed by atoms with Gasteiger partial charge in [-0.2, -0.15) is 10.2 Å². The summed E-state index contributed by atoms with van der Waals surface area (Å²) in [7, 11) is 0. The Morgan fingerprint density at radius 2 is 1.31 bits per heavy atom. The second-order valence-corrected chi connectivity index (χ2v) is 12.0. The van der Waals surface area contributed by atoms with Crippen molar-refractivity contribution in [2.24, 2.45) is 0 Å². The molecule has 280 valence electrons. The zero-order valence-electron chi connectivity index (χ0n) is 29.1. The number of ketones is 2. The van der Waals surface area contributed by atoms with Crippen LogP contribution in [0.1, 0.15) is 66.9 Å². The Balaban J connectivity index is 0.000000187. The van der Waals surface area contributed by atoms with Crippen LogP contribution < -0.4 is 26.0 Å². The number of amides is 4. The number of Topliss-reactive ketones (excluding diaryl/α,β-unsaturated/α-hetero) is 2. The van der Waals surface area contributed by atoms with E-state index in [2.05, 4.69) is 41.4 Å². The molecule has 0 fully saturated rings. The second kappa shape index (κ2) is 16.1. The minimum atomic E-state index is -1.02. The standard InChI is InChI=1S/C18H15F2N5O3.C18H15N5O4/c1-10(26)8-21-18(28)15-7-14(24-16-4-5-23-25(15)16)17(27)22-9-11-2-3-12(19)13(20)6-11;1-10(24)14-7-13(21-16-4-5-20-23(14)16)18(26)19-8-11-2-3-15-12(6-11)22-17(25)9-27-15/h2-7H,8-9H2,1H3,(H,21,28)(H,22,27);2-7H,8-9H2,1H3,(H,19,26)(H,22,25). The van der Waals surface area contributed by atoms with E-state index in [4.69, 9.17) is 4.74 Å². The van der Waals surface area contributed by atoms with Crippen molar-refractivity contribution in [1.29, 1.82) is 0 Å². The number of rotatable bonds is 10. The molecule has 5 heterocycles. The van der Waals surface area contributed by atoms with Gasteiger partial charge < -0.3 is 26.0 Å². The smallest absolute Gasteiger partial charge is 0.270 e. The first-order valence-electron chi connectivity index (χ1n) is 16.4. The summed E-state index contributed by atoms with van der Waals surface area (Å²) >= 11 is 0. The van der Waals surface area contributed by atoms with Gasteiger partial charge in [0.05, 0.1) is 24.6 Å². The van der Waals surface area contributed by atoms with Crippen LogP contribution >= 0.6 is 0 Å². The van der Waals surface area contributed by atoms with Gasteiger partial charge in [0.15, 0.2) is 35.3 Å². The summed E-state index contributed by atoms with van der Waals surface area (Å²) in [6, 6.07) is 14.3. The zero-order valence-corrected chi connectivity index (χ0v) is 29.1. The van der Waals surface area contributed by atoms with Crippen molar-refractivity contribution in [2.45, 2.75) is 26.9 Å². The molecule has 1 aliphatic heterocycles. The van der Waals surface area contributed by atoms with E-state index in [-0.39, 0.29) is 72.1 Å². The first-order chi connectivity index (χ1) is 26.4. The minimum Gasteiger partial charge on any atom is -0.482 e. The molecule has 2 aromatic carbocycles. The van der Waals surface area contributed by atoms with E-state index in [9.17, 15) is 37.5 Å². The zero-order chi connectivity index (χ0) is 39.2. The van der Waals surface area contributed by atoms with Crippen molar-refractivity contribution < 1.29 is 42.3 Å². The second-order valence-electron chi connectivity index (χ2n) is 12.0. The van der Waals surface area contributed by atoms with Crippen LogP contribution in [-0.2, 0) is 22.7 Å². The van der Waals surface area contributed by atoms with Crippen LogP contribution in [0.25, 0.3) is 11.3 Å². The Bertz CT molecular complexity index is 2520. The van der Waals surface area contributed by atoms with Gasteiger partial charge in [0.25, 0.3) is 23.6 Å². The third kappa shape index (κ3) is 8.79. The Hall–Kier alpha value is -7.44. The molecule has 0 bridgehead atoms. The van der Waals surface area contributed by atoms with Crippen molar-refractivity contribution in [2.75, 3.05) is 18.5 Å². The summed E-state index contributed by atoms with van der Waals surface area (Å²) in [6.07, 6.45) is 2.92. The molecule has 6 aromatic rings. The summed E-state index contributed by atoms with van der Waals surface area (Å²) < 4.78 is 34.2. The van der Waals surface area contributed by atoms with E-state index in [1.54, 1.807) is 24.3 Å². The third-order valence-corrected chi connectivity index (χ3v) is 7.84. The molecule has 0 unspecified atom stereocenters. The average molecular weight is 753 g/mol. The van der Waals surface area contributed by atoms with Gasteiger partial charge in [0.2, 0.25) is 0 Å². The summed E-state index contributed by atoms with van der Waals surface area (Å²) in [5, 5.41) is 18.5. The molecule has 0 saturated carbocycles. The lowest BCUT2D eigenvalue weighted by Crippen LogP contribution is -2.31. The largest absolute Gasteiger partial charge is 0.482 e. The van der Waals surface area contributed by atoms with E-state index < -0.39 is 29.4 Å². The highest BCUT2D eigenvalue weighted by Crippen LogP contribution is 2.28. The summed E-state index contributed by atoms with van der Waals surface area (Å²) in [6.45, 7) is 2.72. The van der Waals surface area contributed by atoms with E-state index in [1.807, 2.05) is 0 Å². The molecule has 19 heteroatoms. The SMILES string of the molecule is CC(=O)CNC(=O)c1cc(C(=O)NCc2ccc(F)c(F)c2)nc2ccnn12.CC(=O)c1cc(C(=O)NCc2ccc3c(c2)NC(=O)CO3)nc2ccnn12. The van der Waals surface area contributed by atoms with Crippen molar-refractivity contribution in [1.82, 2.24) is 45.1 Å². The van der Waals surface area contributed by atoms with Crippen LogP contribution in [0.2, 0.25) is 0 Å². The minimum absolute atomic E-state index is 0.00962. The van der Waals surface area contributed by atoms with Gasteiger partial charge >= 0.3 is 0 Å². The van der Waals surface area contributed by atoms with Crippen molar-refractivity contribution in [3.05, 3.63) is 119 Å². The van der Waals surface area contributed by atoms with Crippen LogP contribution in [-0.4, -0.2) is 77.5 Å². The molecular weight excluding hydrogens is 722 g/mol. The number of nitrogens with one attached hydrogen (secondary N) is 4. The molecule has 0 spiro atoms. The van der Waals surface area contributed by atoms with Gasteiger partial charge in [-0.25, -0.2) is 27.8 Å². The van der Waals surface area contributed by atoms with Gasteiger partial charge in [-0.3, -0.25) is 28.8 Å². The number of carbonyl (C=O) groups is 6. The summed E-state index contributed by atoms with van der Waals surface area (Å²) in [4.78, 5) is 79.9. The molecule has 0 aliphatic carbocycles. The lowest BCUT2D eigenvalue weighted by Gasteiger charge is -2.18. The summed E-state index contributed by atoms with van der Waals surface area (Å²) in [5.74, 6) is -3.72. The quantitative estimate of drug-likeness (QED) is 0.149. The number of benzene rings is 2. The van der Waals surface area contributed by atoms with Crippen molar-refractivity contribution >= 4 is 52.2 Å². The fourth-order valence-electron chi connectivity index (χ4n) is 5.20. The van der Waals surface area contributed by atoms with E-state index >= 15 is 0 Å². The Labute approximate surface area is 309 Å². The van der Waals surface area contributed by atoms with E-state index in [0.29, 0.717) is 22.6 Å². The molecule has 4 amide bonds. The fraction of sp³-hybridized carbons (Fsp3) is 0.167. The number of aromatic nitrogens is 6. The fourth-order valence-corrected chi connectivity index (χ4v) is 5.20. The maximum Gasteiger partial charge on any atom is 0.270 e. The predicted molar refractivity (Wildman–Crippen MR) is 188 cm³/mol. The van der Waals surface area contributed by atoms with E-state index in [1.165, 1.54) is 59.5 Å². The molecule has 55 heavy (non-hydrogen) atoms. The molecule has 0 radical (unpaired) electrons. The van der Waals surface area contributed by atoms with Crippen molar-refractivity contribution in [3.8, 4) is 5.75 Å². The molecule has 7 rings (SSSR count). The molecule has 1 aliphatic rings. The molecule has 4 aromatic heterocycles. The maximum atomic E-state index is 13.3. The average Bonchev–Trinajstić information content (AvgIpc) is 3.85. The molecule has 0 saturated heterocycles. The maximum absolute atomic E-state index is 13.3. The van der Waals surface area contributed by atoms with E-state index in [0.717, 1.165) is 17.7 Å². The molecule has 0 atom stereocenters. The highest BCUT2D eigenvalue weighted by molar-refractivity contribution is 6.00. The number of nitrogens with zero attached hydrogens (tertiary/aromatic N) is 6. The number of anilines is 1. The third-order valence-electron chi connectivity index (χ3n) is 7.84. The normalized spacial score (nSPS) is 11.7. The number of hydrogen-bond donors (Lipinski definition) is 4. The highest BCUT2D eigenvalue weighted by atomic mass is 19.2. The van der Waals surface area contributed by atoms with Crippen LogP contribution in [0, 0.1) is 11.6 Å². The number of halogens is 2.